The highest BCUT2D eigenvalue weighted by Crippen LogP contribution is 2.60. The Morgan fingerprint density at radius 2 is 2.07 bits per heavy atom. The molecule has 4 atom stereocenters. The Hall–Kier alpha value is -0.310. The molecule has 3 aliphatic carbocycles. The van der Waals surface area contributed by atoms with Crippen LogP contribution in [0.3, 0.4) is 0 Å². The zero-order valence-electron chi connectivity index (χ0n) is 9.36. The van der Waals surface area contributed by atoms with Crippen LogP contribution in [0.4, 0.5) is 0 Å². The molecule has 2 nitrogen and oxygen atoms in total. The van der Waals surface area contributed by atoms with Crippen LogP contribution < -0.4 is 0 Å². The molecule has 2 bridgehead atoms. The first-order valence-corrected chi connectivity index (χ1v) is 7.71. The molecule has 0 aliphatic heterocycles. The summed E-state index contributed by atoms with van der Waals surface area (Å²) in [7, 11) is -2.89. The Balaban J connectivity index is 2.08. The van der Waals surface area contributed by atoms with E-state index in [2.05, 4.69) is 13.0 Å². The predicted octanol–water partition coefficient (Wildman–Crippen LogP) is 2.17. The van der Waals surface area contributed by atoms with Crippen molar-refractivity contribution in [2.75, 3.05) is 6.26 Å². The third-order valence-corrected chi connectivity index (χ3v) is 6.82. The smallest absolute Gasteiger partial charge is 0.153 e. The Bertz CT molecular complexity index is 435. The maximum Gasteiger partial charge on any atom is 0.153 e. The molecule has 84 valence electrons. The zero-order chi connectivity index (χ0) is 10.8. The van der Waals surface area contributed by atoms with E-state index in [1.807, 2.05) is 0 Å². The second kappa shape index (κ2) is 2.68. The van der Waals surface area contributed by atoms with Crippen LogP contribution in [0.5, 0.6) is 0 Å². The maximum atomic E-state index is 12.0. The van der Waals surface area contributed by atoms with E-state index in [9.17, 15) is 8.42 Å². The number of hydrogen-bond donors (Lipinski definition) is 0. The van der Waals surface area contributed by atoms with Crippen LogP contribution in [0, 0.1) is 17.8 Å². The van der Waals surface area contributed by atoms with E-state index < -0.39 is 9.84 Å². The molecule has 0 amide bonds. The van der Waals surface area contributed by atoms with Gasteiger partial charge in [0.15, 0.2) is 9.84 Å². The first kappa shape index (κ1) is 9.88. The lowest BCUT2D eigenvalue weighted by Gasteiger charge is -2.36. The lowest BCUT2D eigenvalue weighted by Crippen LogP contribution is -2.37. The fourth-order valence-electron chi connectivity index (χ4n) is 4.04. The van der Waals surface area contributed by atoms with Gasteiger partial charge in [0.1, 0.15) is 0 Å². The molecule has 0 aromatic carbocycles. The fourth-order valence-corrected chi connectivity index (χ4v) is 5.60. The van der Waals surface area contributed by atoms with Gasteiger partial charge in [0.2, 0.25) is 0 Å². The molecule has 0 saturated heterocycles. The van der Waals surface area contributed by atoms with Crippen LogP contribution in [0.1, 0.15) is 32.6 Å². The van der Waals surface area contributed by atoms with Crippen molar-refractivity contribution in [2.45, 2.75) is 37.4 Å². The predicted molar refractivity (Wildman–Crippen MR) is 60.3 cm³/mol. The van der Waals surface area contributed by atoms with Crippen LogP contribution >= 0.6 is 0 Å². The summed E-state index contributed by atoms with van der Waals surface area (Å²) in [6.45, 7) is 2.16. The Kier molecular flexibility index (Phi) is 1.76. The molecule has 0 radical (unpaired) electrons. The van der Waals surface area contributed by atoms with Gasteiger partial charge in [0.25, 0.3) is 0 Å². The van der Waals surface area contributed by atoms with Crippen molar-refractivity contribution in [1.29, 1.82) is 0 Å². The molecule has 3 aliphatic rings. The average molecular weight is 226 g/mol. The summed E-state index contributed by atoms with van der Waals surface area (Å²) in [6.07, 6.45) is 7.64. The fraction of sp³-hybridized carbons (Fsp3) is 0.833. The number of hydrogen-bond acceptors (Lipinski definition) is 2. The molecule has 0 heterocycles. The van der Waals surface area contributed by atoms with Crippen molar-refractivity contribution in [1.82, 2.24) is 0 Å². The van der Waals surface area contributed by atoms with E-state index >= 15 is 0 Å². The highest BCUT2D eigenvalue weighted by Gasteiger charge is 2.57. The van der Waals surface area contributed by atoms with E-state index in [1.165, 1.54) is 12.7 Å². The van der Waals surface area contributed by atoms with Crippen molar-refractivity contribution in [3.05, 3.63) is 11.6 Å². The molecular weight excluding hydrogens is 208 g/mol. The van der Waals surface area contributed by atoms with Crippen molar-refractivity contribution in [3.8, 4) is 0 Å². The standard InChI is InChI=1S/C12H18O2S/c1-8-3-9-4-10-6-12(5-8,7-11(9)10)15(2,13)14/h3,8,10-11H,4-7H2,1-2H3. The van der Waals surface area contributed by atoms with Crippen LogP contribution in [-0.2, 0) is 9.84 Å². The van der Waals surface area contributed by atoms with Crippen LogP contribution in [0.2, 0.25) is 0 Å². The van der Waals surface area contributed by atoms with Crippen LogP contribution in [0.25, 0.3) is 0 Å². The van der Waals surface area contributed by atoms with Gasteiger partial charge in [-0.1, -0.05) is 18.6 Å². The van der Waals surface area contributed by atoms with Gasteiger partial charge < -0.3 is 0 Å². The molecule has 3 rings (SSSR count). The second-order valence-corrected chi connectivity index (χ2v) is 8.27. The van der Waals surface area contributed by atoms with Gasteiger partial charge in [-0.3, -0.25) is 0 Å². The largest absolute Gasteiger partial charge is 0.229 e. The molecule has 0 N–H and O–H groups in total. The van der Waals surface area contributed by atoms with Crippen molar-refractivity contribution < 1.29 is 8.42 Å². The van der Waals surface area contributed by atoms with Gasteiger partial charge in [-0.2, -0.15) is 0 Å². The molecule has 4 unspecified atom stereocenters. The monoisotopic (exact) mass is 226 g/mol. The van der Waals surface area contributed by atoms with Crippen molar-refractivity contribution in [3.63, 3.8) is 0 Å². The number of fused-ring (bicyclic) bond motifs is 1. The third kappa shape index (κ3) is 1.19. The maximum absolute atomic E-state index is 12.0. The summed E-state index contributed by atoms with van der Waals surface area (Å²) in [6, 6.07) is 0. The highest BCUT2D eigenvalue weighted by atomic mass is 32.2. The second-order valence-electron chi connectivity index (χ2n) is 5.86. The summed E-state index contributed by atoms with van der Waals surface area (Å²) in [5.41, 5.74) is 1.55. The number of rotatable bonds is 1. The normalized spacial score (nSPS) is 48.1. The molecule has 2 fully saturated rings. The topological polar surface area (TPSA) is 34.1 Å². The zero-order valence-corrected chi connectivity index (χ0v) is 10.2. The molecule has 0 aromatic rings. The minimum absolute atomic E-state index is 0.378. The van der Waals surface area contributed by atoms with E-state index in [4.69, 9.17) is 0 Å². The van der Waals surface area contributed by atoms with E-state index in [0.29, 0.717) is 17.8 Å². The molecule has 3 heteroatoms. The van der Waals surface area contributed by atoms with Crippen LogP contribution in [0.15, 0.2) is 11.6 Å². The summed E-state index contributed by atoms with van der Waals surface area (Å²) >= 11 is 0. The van der Waals surface area contributed by atoms with Crippen LogP contribution in [-0.4, -0.2) is 19.4 Å². The van der Waals surface area contributed by atoms with Gasteiger partial charge in [0.05, 0.1) is 4.75 Å². The van der Waals surface area contributed by atoms with Gasteiger partial charge in [-0.15, -0.1) is 0 Å². The SMILES string of the molecule is CC1C=C2CC3CC(S(C)(=O)=O)(C1)CC23. The summed E-state index contributed by atoms with van der Waals surface area (Å²) in [5.74, 6) is 1.74. The molecule has 0 aromatic heterocycles. The Morgan fingerprint density at radius 1 is 1.33 bits per heavy atom. The van der Waals surface area contributed by atoms with E-state index in [0.717, 1.165) is 19.3 Å². The number of sulfone groups is 1. The molecule has 15 heavy (non-hydrogen) atoms. The first-order chi connectivity index (χ1) is 6.91. The molecular formula is C12H18O2S. The summed E-state index contributed by atoms with van der Waals surface area (Å²) in [5, 5.41) is 0. The van der Waals surface area contributed by atoms with Gasteiger partial charge in [-0.05, 0) is 43.4 Å². The van der Waals surface area contributed by atoms with E-state index in [-0.39, 0.29) is 4.75 Å². The molecule has 0 spiro atoms. The minimum atomic E-state index is -2.89. The lowest BCUT2D eigenvalue weighted by atomic mass is 9.70. The van der Waals surface area contributed by atoms with E-state index in [1.54, 1.807) is 5.57 Å². The van der Waals surface area contributed by atoms with Gasteiger partial charge in [-0.25, -0.2) is 8.42 Å². The number of allylic oxidation sites excluding steroid dienone is 2. The van der Waals surface area contributed by atoms with Crippen molar-refractivity contribution >= 4 is 9.84 Å². The quantitative estimate of drug-likeness (QED) is 0.642. The Morgan fingerprint density at radius 3 is 2.73 bits per heavy atom. The highest BCUT2D eigenvalue weighted by molar-refractivity contribution is 7.92. The lowest BCUT2D eigenvalue weighted by molar-refractivity contribution is 0.317. The van der Waals surface area contributed by atoms with Crippen molar-refractivity contribution in [2.24, 2.45) is 17.8 Å². The minimum Gasteiger partial charge on any atom is -0.229 e. The summed E-state index contributed by atoms with van der Waals surface area (Å²) in [4.78, 5) is 0. The first-order valence-electron chi connectivity index (χ1n) is 5.81. The van der Waals surface area contributed by atoms with Gasteiger partial charge in [0, 0.05) is 6.26 Å². The van der Waals surface area contributed by atoms with Gasteiger partial charge >= 0.3 is 0 Å². The Labute approximate surface area is 91.7 Å². The third-order valence-electron chi connectivity index (χ3n) is 4.75. The molecule has 2 saturated carbocycles. The average Bonchev–Trinajstić information content (AvgIpc) is 2.27. The summed E-state index contributed by atoms with van der Waals surface area (Å²) < 4.78 is 23.6.